The minimum absolute atomic E-state index is 0. The van der Waals surface area contributed by atoms with E-state index in [1.54, 1.807) is 72.8 Å². The molecule has 6 aromatic rings. The maximum absolute atomic E-state index is 15.7. The van der Waals surface area contributed by atoms with Gasteiger partial charge in [0.1, 0.15) is 11.5 Å². The normalized spacial score (nSPS) is 12.0. The fourth-order valence-corrected chi connectivity index (χ4v) is 6.04. The molecule has 0 aliphatic heterocycles. The SMILES string of the molecule is C.Oc1c(-c2ccccc2)cc(C(c2cc(-c3ccccc3)c(O)c(-c3ccccc3)c2)(C(F)(F)F)C(F)(F)F)cc1-c1ccccc1. The van der Waals surface area contributed by atoms with Gasteiger partial charge in [0.25, 0.3) is 0 Å². The predicted octanol–water partition coefficient (Wildman–Crippen LogP) is 11.8. The molecule has 2 nitrogen and oxygen atoms in total. The number of hydrogen-bond donors (Lipinski definition) is 2. The molecule has 0 saturated heterocycles. The van der Waals surface area contributed by atoms with Crippen LogP contribution in [-0.4, -0.2) is 22.6 Å². The maximum atomic E-state index is 15.7. The van der Waals surface area contributed by atoms with Crippen LogP contribution in [-0.2, 0) is 5.41 Å². The molecule has 0 amide bonds. The van der Waals surface area contributed by atoms with Gasteiger partial charge in [0, 0.05) is 22.3 Å². The Morgan fingerprint density at radius 3 is 0.750 bits per heavy atom. The standard InChI is InChI=1S/C39H26F6O2.CH4/c40-38(41,42)37(39(43,44)45,29-21-31(25-13-5-1-6-14-25)35(46)32(22-29)26-15-7-2-8-16-26)30-23-33(27-17-9-3-10-18-27)36(47)34(24-30)28-19-11-4-12-20-28;/h1-24,46-47H;1H4. The van der Waals surface area contributed by atoms with Crippen LogP contribution in [0, 0.1) is 0 Å². The van der Waals surface area contributed by atoms with Crippen molar-refractivity contribution >= 4 is 0 Å². The zero-order valence-corrected chi connectivity index (χ0v) is 24.5. The Labute approximate surface area is 274 Å². The summed E-state index contributed by atoms with van der Waals surface area (Å²) in [6.07, 6.45) is -11.9. The zero-order valence-electron chi connectivity index (χ0n) is 24.5. The van der Waals surface area contributed by atoms with Gasteiger partial charge in [-0.2, -0.15) is 26.3 Å². The minimum atomic E-state index is -5.94. The Bertz CT molecular complexity index is 1740. The molecular weight excluding hydrogens is 626 g/mol. The predicted molar refractivity (Wildman–Crippen MR) is 178 cm³/mol. The summed E-state index contributed by atoms with van der Waals surface area (Å²) < 4.78 is 94.4. The molecule has 0 saturated carbocycles. The van der Waals surface area contributed by atoms with Crippen LogP contribution in [0.25, 0.3) is 44.5 Å². The first-order valence-electron chi connectivity index (χ1n) is 14.5. The van der Waals surface area contributed by atoms with Crippen LogP contribution in [0.15, 0.2) is 146 Å². The molecule has 8 heteroatoms. The molecule has 2 N–H and O–H groups in total. The number of rotatable bonds is 6. The highest BCUT2D eigenvalue weighted by molar-refractivity contribution is 5.86. The maximum Gasteiger partial charge on any atom is 0.411 e. The lowest BCUT2D eigenvalue weighted by molar-refractivity contribution is -0.288. The highest BCUT2D eigenvalue weighted by Crippen LogP contribution is 2.59. The molecule has 6 aromatic carbocycles. The number of halogens is 6. The summed E-state index contributed by atoms with van der Waals surface area (Å²) in [5.41, 5.74) is -6.79. The van der Waals surface area contributed by atoms with Crippen molar-refractivity contribution in [2.24, 2.45) is 0 Å². The van der Waals surface area contributed by atoms with Crippen molar-refractivity contribution in [3.05, 3.63) is 157 Å². The van der Waals surface area contributed by atoms with Crippen LogP contribution in [0.4, 0.5) is 26.3 Å². The van der Waals surface area contributed by atoms with Crippen molar-refractivity contribution in [3.63, 3.8) is 0 Å². The van der Waals surface area contributed by atoms with E-state index >= 15 is 26.3 Å². The highest BCUT2D eigenvalue weighted by Gasteiger charge is 2.73. The summed E-state index contributed by atoms with van der Waals surface area (Å²) in [6.45, 7) is 0. The Hall–Kier alpha value is -5.50. The molecule has 0 radical (unpaired) electrons. The van der Waals surface area contributed by atoms with Crippen molar-refractivity contribution in [2.45, 2.75) is 25.2 Å². The lowest BCUT2D eigenvalue weighted by Crippen LogP contribution is -2.54. The van der Waals surface area contributed by atoms with Crippen LogP contribution in [0.5, 0.6) is 11.5 Å². The molecule has 0 spiro atoms. The lowest BCUT2D eigenvalue weighted by atomic mass is 9.70. The van der Waals surface area contributed by atoms with Crippen molar-refractivity contribution in [3.8, 4) is 56.0 Å². The van der Waals surface area contributed by atoms with Gasteiger partial charge in [-0.1, -0.05) is 129 Å². The topological polar surface area (TPSA) is 40.5 Å². The van der Waals surface area contributed by atoms with Crippen molar-refractivity contribution < 1.29 is 36.6 Å². The summed E-state index contributed by atoms with van der Waals surface area (Å²) in [7, 11) is 0. The molecule has 0 aliphatic rings. The van der Waals surface area contributed by atoms with Crippen molar-refractivity contribution in [1.82, 2.24) is 0 Å². The van der Waals surface area contributed by atoms with Crippen LogP contribution >= 0.6 is 0 Å². The summed E-state index contributed by atoms with van der Waals surface area (Å²) >= 11 is 0. The summed E-state index contributed by atoms with van der Waals surface area (Å²) in [5, 5.41) is 22.8. The third-order valence-electron chi connectivity index (χ3n) is 8.28. The second-order valence-electron chi connectivity index (χ2n) is 11.0. The first-order valence-corrected chi connectivity index (χ1v) is 14.5. The summed E-state index contributed by atoms with van der Waals surface area (Å²) in [4.78, 5) is 0. The monoisotopic (exact) mass is 656 g/mol. The average molecular weight is 657 g/mol. The van der Waals surface area contributed by atoms with Gasteiger partial charge in [-0.3, -0.25) is 0 Å². The largest absolute Gasteiger partial charge is 0.507 e. The van der Waals surface area contributed by atoms with E-state index in [-0.39, 0.29) is 51.9 Å². The Kier molecular flexibility index (Phi) is 9.13. The van der Waals surface area contributed by atoms with Crippen LogP contribution in [0.3, 0.4) is 0 Å². The van der Waals surface area contributed by atoms with Gasteiger partial charge in [-0.15, -0.1) is 0 Å². The van der Waals surface area contributed by atoms with E-state index in [2.05, 4.69) is 0 Å². The highest BCUT2D eigenvalue weighted by atomic mass is 19.4. The molecule has 48 heavy (non-hydrogen) atoms. The Balaban J connectivity index is 0.00000451. The van der Waals surface area contributed by atoms with Gasteiger partial charge >= 0.3 is 12.4 Å². The molecule has 244 valence electrons. The van der Waals surface area contributed by atoms with Gasteiger partial charge in [0.2, 0.25) is 5.41 Å². The number of phenolic OH excluding ortho intramolecular Hbond substituents is 2. The molecule has 0 aromatic heterocycles. The summed E-state index contributed by atoms with van der Waals surface area (Å²) in [5.74, 6) is -0.935. The number of phenols is 2. The van der Waals surface area contributed by atoms with E-state index in [1.807, 2.05) is 0 Å². The molecule has 0 bridgehead atoms. The first kappa shape index (κ1) is 33.9. The number of benzene rings is 6. The van der Waals surface area contributed by atoms with Gasteiger partial charge < -0.3 is 10.2 Å². The second-order valence-corrected chi connectivity index (χ2v) is 11.0. The lowest BCUT2D eigenvalue weighted by Gasteiger charge is -2.39. The smallest absolute Gasteiger partial charge is 0.411 e. The third kappa shape index (κ3) is 5.79. The van der Waals surface area contributed by atoms with Gasteiger partial charge in [0.05, 0.1) is 0 Å². The first-order chi connectivity index (χ1) is 22.4. The second kappa shape index (κ2) is 13.0. The van der Waals surface area contributed by atoms with Crippen LogP contribution < -0.4 is 0 Å². The quantitative estimate of drug-likeness (QED) is 0.175. The van der Waals surface area contributed by atoms with Crippen LogP contribution in [0.2, 0.25) is 0 Å². The van der Waals surface area contributed by atoms with Crippen molar-refractivity contribution in [2.75, 3.05) is 0 Å². The number of aromatic hydroxyl groups is 2. The molecule has 0 fully saturated rings. The van der Waals surface area contributed by atoms with E-state index < -0.39 is 40.4 Å². The minimum Gasteiger partial charge on any atom is -0.507 e. The van der Waals surface area contributed by atoms with E-state index in [4.69, 9.17) is 0 Å². The molecule has 6 rings (SSSR count). The molecule has 0 aliphatic carbocycles. The van der Waals surface area contributed by atoms with Gasteiger partial charge in [-0.25, -0.2) is 0 Å². The molecule has 0 unspecified atom stereocenters. The van der Waals surface area contributed by atoms with Crippen LogP contribution in [0.1, 0.15) is 18.6 Å². The Morgan fingerprint density at radius 1 is 0.354 bits per heavy atom. The van der Waals surface area contributed by atoms with Crippen molar-refractivity contribution in [1.29, 1.82) is 0 Å². The number of alkyl halides is 6. The Morgan fingerprint density at radius 2 is 0.562 bits per heavy atom. The molecule has 0 atom stereocenters. The van der Waals surface area contributed by atoms with E-state index in [1.165, 1.54) is 48.5 Å². The van der Waals surface area contributed by atoms with E-state index in [0.717, 1.165) is 24.3 Å². The zero-order chi connectivity index (χ0) is 33.4. The van der Waals surface area contributed by atoms with E-state index in [0.29, 0.717) is 0 Å². The molecule has 0 heterocycles. The van der Waals surface area contributed by atoms with Gasteiger partial charge in [-0.05, 0) is 57.6 Å². The molecular formula is C40H30F6O2. The number of hydrogen-bond acceptors (Lipinski definition) is 2. The average Bonchev–Trinajstić information content (AvgIpc) is 3.06. The fraction of sp³-hybridized carbons (Fsp3) is 0.100. The summed E-state index contributed by atoms with van der Waals surface area (Å²) in [6, 6.07) is 34.2. The van der Waals surface area contributed by atoms with Gasteiger partial charge in [0.15, 0.2) is 0 Å². The van der Waals surface area contributed by atoms with E-state index in [9.17, 15) is 10.2 Å². The third-order valence-corrected chi connectivity index (χ3v) is 8.28. The fourth-order valence-electron chi connectivity index (χ4n) is 6.04.